The highest BCUT2D eigenvalue weighted by Gasteiger charge is 1.90. The molecule has 9 heavy (non-hydrogen) atoms. The normalized spacial score (nSPS) is 12.0. The van der Waals surface area contributed by atoms with Gasteiger partial charge in [0.15, 0.2) is 0 Å². The van der Waals surface area contributed by atoms with Crippen molar-refractivity contribution in [1.29, 1.82) is 0 Å². The van der Waals surface area contributed by atoms with Crippen LogP contribution in [0.2, 0.25) is 0 Å². The highest BCUT2D eigenvalue weighted by Crippen LogP contribution is 1.98. The molecule has 0 heterocycles. The monoisotopic (exact) mass is 149 g/mol. The summed E-state index contributed by atoms with van der Waals surface area (Å²) in [6.45, 7) is 1.80. The topological polar surface area (TPSA) is 32.6 Å². The van der Waals surface area contributed by atoms with E-state index < -0.39 is 0 Å². The maximum atomic E-state index is 8.19. The second-order valence-corrected chi connectivity index (χ2v) is 2.36. The molecular formula is C6H12ClNO. The third-order valence-corrected chi connectivity index (χ3v) is 1.36. The Bertz CT molecular complexity index is 93.1. The van der Waals surface area contributed by atoms with Crippen molar-refractivity contribution < 1.29 is 5.21 Å². The molecule has 0 fully saturated rings. The van der Waals surface area contributed by atoms with Crippen molar-refractivity contribution in [2.45, 2.75) is 26.2 Å². The molecule has 0 atom stereocenters. The number of nitrogens with zero attached hydrogens (tertiary/aromatic N) is 1. The minimum atomic E-state index is 0.693. The number of alkyl halides is 1. The number of oxime groups is 1. The van der Waals surface area contributed by atoms with Crippen molar-refractivity contribution in [3.8, 4) is 0 Å². The second kappa shape index (κ2) is 5.89. The molecule has 0 aliphatic heterocycles. The molecular weight excluding hydrogens is 138 g/mol. The summed E-state index contributed by atoms with van der Waals surface area (Å²) in [5.74, 6) is 0.693. The van der Waals surface area contributed by atoms with E-state index >= 15 is 0 Å². The van der Waals surface area contributed by atoms with E-state index in [0.717, 1.165) is 25.0 Å². The molecule has 0 aliphatic rings. The molecule has 0 saturated carbocycles. The lowest BCUT2D eigenvalue weighted by Crippen LogP contribution is -1.90. The Kier molecular flexibility index (Phi) is 5.73. The third-order valence-electron chi connectivity index (χ3n) is 1.09. The van der Waals surface area contributed by atoms with Crippen LogP contribution in [0.3, 0.4) is 0 Å². The Balaban J connectivity index is 3.07. The van der Waals surface area contributed by atoms with Gasteiger partial charge >= 0.3 is 0 Å². The Labute approximate surface area is 60.5 Å². The molecule has 0 radical (unpaired) electrons. The summed E-state index contributed by atoms with van der Waals surface area (Å²) in [5, 5.41) is 11.2. The molecule has 0 saturated heterocycles. The summed E-state index contributed by atoms with van der Waals surface area (Å²) in [7, 11) is 0. The van der Waals surface area contributed by atoms with Crippen molar-refractivity contribution in [2.75, 3.05) is 5.88 Å². The number of halogens is 1. The van der Waals surface area contributed by atoms with Gasteiger partial charge in [-0.3, -0.25) is 0 Å². The van der Waals surface area contributed by atoms with E-state index in [-0.39, 0.29) is 0 Å². The van der Waals surface area contributed by atoms with E-state index in [1.165, 1.54) is 0 Å². The SMILES string of the molecule is C/C(CCCCCl)=N/O. The fraction of sp³-hybridized carbons (Fsp3) is 0.833. The number of rotatable bonds is 4. The maximum Gasteiger partial charge on any atom is 0.0540 e. The summed E-state index contributed by atoms with van der Waals surface area (Å²) in [5.41, 5.74) is 0.778. The van der Waals surface area contributed by atoms with Crippen molar-refractivity contribution in [2.24, 2.45) is 5.16 Å². The smallest absolute Gasteiger partial charge is 0.0540 e. The van der Waals surface area contributed by atoms with Crippen molar-refractivity contribution >= 4 is 17.3 Å². The van der Waals surface area contributed by atoms with E-state index in [9.17, 15) is 0 Å². The zero-order chi connectivity index (χ0) is 7.11. The van der Waals surface area contributed by atoms with E-state index in [1.54, 1.807) is 6.92 Å². The lowest BCUT2D eigenvalue weighted by atomic mass is 10.2. The average molecular weight is 150 g/mol. The van der Waals surface area contributed by atoms with Gasteiger partial charge in [0.05, 0.1) is 5.71 Å². The van der Waals surface area contributed by atoms with Crippen LogP contribution in [-0.2, 0) is 0 Å². The van der Waals surface area contributed by atoms with Crippen LogP contribution in [0.25, 0.3) is 0 Å². The summed E-state index contributed by atoms with van der Waals surface area (Å²) < 4.78 is 0. The van der Waals surface area contributed by atoms with Crippen molar-refractivity contribution in [3.63, 3.8) is 0 Å². The van der Waals surface area contributed by atoms with Gasteiger partial charge in [0, 0.05) is 5.88 Å². The molecule has 1 N–H and O–H groups in total. The standard InChI is InChI=1S/C6H12ClNO/c1-6(8-9)4-2-3-5-7/h9H,2-5H2,1H3/b8-6-. The van der Waals surface area contributed by atoms with E-state index in [4.69, 9.17) is 16.8 Å². The van der Waals surface area contributed by atoms with Crippen LogP contribution in [0.5, 0.6) is 0 Å². The van der Waals surface area contributed by atoms with Crippen LogP contribution in [0.4, 0.5) is 0 Å². The predicted molar refractivity (Wildman–Crippen MR) is 39.5 cm³/mol. The minimum absolute atomic E-state index is 0.693. The third kappa shape index (κ3) is 5.63. The first kappa shape index (κ1) is 8.76. The first-order valence-electron chi connectivity index (χ1n) is 3.04. The van der Waals surface area contributed by atoms with Crippen LogP contribution in [-0.4, -0.2) is 16.8 Å². The summed E-state index contributed by atoms with van der Waals surface area (Å²) >= 11 is 5.43. The zero-order valence-corrected chi connectivity index (χ0v) is 6.36. The fourth-order valence-corrected chi connectivity index (χ4v) is 0.714. The Morgan fingerprint density at radius 2 is 2.22 bits per heavy atom. The largest absolute Gasteiger partial charge is 0.411 e. The van der Waals surface area contributed by atoms with Gasteiger partial charge in [0.25, 0.3) is 0 Å². The van der Waals surface area contributed by atoms with Crippen LogP contribution in [0.15, 0.2) is 5.16 Å². The van der Waals surface area contributed by atoms with Crippen molar-refractivity contribution in [3.05, 3.63) is 0 Å². The van der Waals surface area contributed by atoms with Gasteiger partial charge in [0.2, 0.25) is 0 Å². The quantitative estimate of drug-likeness (QED) is 0.215. The highest BCUT2D eigenvalue weighted by molar-refractivity contribution is 6.17. The van der Waals surface area contributed by atoms with Gasteiger partial charge in [-0.2, -0.15) is 0 Å². The average Bonchev–Trinajstić information content (AvgIpc) is 1.89. The van der Waals surface area contributed by atoms with Gasteiger partial charge in [0.1, 0.15) is 0 Å². The molecule has 0 aliphatic carbocycles. The Morgan fingerprint density at radius 3 is 2.67 bits per heavy atom. The number of hydrogen-bond donors (Lipinski definition) is 1. The van der Waals surface area contributed by atoms with Gasteiger partial charge < -0.3 is 5.21 Å². The van der Waals surface area contributed by atoms with Crippen LogP contribution in [0.1, 0.15) is 26.2 Å². The molecule has 0 rings (SSSR count). The molecule has 0 aromatic carbocycles. The fourth-order valence-electron chi connectivity index (χ4n) is 0.525. The van der Waals surface area contributed by atoms with Crippen LogP contribution in [0, 0.1) is 0 Å². The van der Waals surface area contributed by atoms with Gasteiger partial charge in [-0.25, -0.2) is 0 Å². The molecule has 0 spiro atoms. The van der Waals surface area contributed by atoms with Gasteiger partial charge in [-0.05, 0) is 26.2 Å². The first-order chi connectivity index (χ1) is 4.31. The zero-order valence-electron chi connectivity index (χ0n) is 5.60. The molecule has 54 valence electrons. The van der Waals surface area contributed by atoms with Crippen molar-refractivity contribution in [1.82, 2.24) is 0 Å². The molecule has 0 bridgehead atoms. The summed E-state index contributed by atoms with van der Waals surface area (Å²) in [6.07, 6.45) is 2.86. The minimum Gasteiger partial charge on any atom is -0.411 e. The lowest BCUT2D eigenvalue weighted by Gasteiger charge is -1.93. The molecule has 0 unspecified atom stereocenters. The molecule has 2 nitrogen and oxygen atoms in total. The van der Waals surface area contributed by atoms with Crippen LogP contribution < -0.4 is 0 Å². The van der Waals surface area contributed by atoms with Crippen LogP contribution >= 0.6 is 11.6 Å². The second-order valence-electron chi connectivity index (χ2n) is 1.98. The van der Waals surface area contributed by atoms with E-state index in [1.807, 2.05) is 0 Å². The predicted octanol–water partition coefficient (Wildman–Crippen LogP) is 2.25. The lowest BCUT2D eigenvalue weighted by molar-refractivity contribution is 0.317. The van der Waals surface area contributed by atoms with E-state index in [0.29, 0.717) is 5.88 Å². The van der Waals surface area contributed by atoms with E-state index in [2.05, 4.69) is 5.16 Å². The molecule has 3 heteroatoms. The first-order valence-corrected chi connectivity index (χ1v) is 3.58. The highest BCUT2D eigenvalue weighted by atomic mass is 35.5. The molecule has 0 aromatic rings. The number of hydrogen-bond acceptors (Lipinski definition) is 2. The molecule has 0 aromatic heterocycles. The van der Waals surface area contributed by atoms with Gasteiger partial charge in [-0.1, -0.05) is 5.16 Å². The summed E-state index contributed by atoms with van der Waals surface area (Å²) in [6, 6.07) is 0. The summed E-state index contributed by atoms with van der Waals surface area (Å²) in [4.78, 5) is 0. The van der Waals surface area contributed by atoms with Gasteiger partial charge in [-0.15, -0.1) is 11.6 Å². The maximum absolute atomic E-state index is 8.19. The Morgan fingerprint density at radius 1 is 1.56 bits per heavy atom. The Hall–Kier alpha value is -0.240. The molecule has 0 amide bonds. The number of unbranched alkanes of at least 4 members (excludes halogenated alkanes) is 1.